The van der Waals surface area contributed by atoms with Crippen LogP contribution in [0, 0.1) is 5.92 Å². The summed E-state index contributed by atoms with van der Waals surface area (Å²) in [4.78, 5) is 24.4. The summed E-state index contributed by atoms with van der Waals surface area (Å²) in [6.45, 7) is 4.47. The minimum atomic E-state index is -0.519. The molecule has 5 nitrogen and oxygen atoms in total. The van der Waals surface area contributed by atoms with Crippen molar-refractivity contribution in [2.24, 2.45) is 5.92 Å². The Morgan fingerprint density at radius 2 is 1.86 bits per heavy atom. The van der Waals surface area contributed by atoms with Crippen LogP contribution in [0.5, 0.6) is 5.75 Å². The zero-order valence-electron chi connectivity index (χ0n) is 16.4. The lowest BCUT2D eigenvalue weighted by molar-refractivity contribution is -0.125. The highest BCUT2D eigenvalue weighted by atomic mass is 16.5. The molecule has 1 N–H and O–H groups in total. The summed E-state index contributed by atoms with van der Waals surface area (Å²) >= 11 is 0. The number of carbonyl (C=O) groups excluding carboxylic acids is 2. The zero-order valence-corrected chi connectivity index (χ0v) is 16.4. The predicted octanol–water partition coefficient (Wildman–Crippen LogP) is 4.07. The third-order valence-corrected chi connectivity index (χ3v) is 4.71. The number of esters is 1. The van der Waals surface area contributed by atoms with Gasteiger partial charge < -0.3 is 14.8 Å². The second-order valence-electron chi connectivity index (χ2n) is 7.52. The molecule has 0 aliphatic heterocycles. The highest BCUT2D eigenvalue weighted by molar-refractivity contribution is 5.91. The normalized spacial score (nSPS) is 15.6. The van der Waals surface area contributed by atoms with Gasteiger partial charge in [-0.2, -0.15) is 0 Å². The van der Waals surface area contributed by atoms with Crippen LogP contribution in [-0.4, -0.2) is 25.1 Å². The summed E-state index contributed by atoms with van der Waals surface area (Å²) in [5.74, 6) is 0.333. The summed E-state index contributed by atoms with van der Waals surface area (Å²) in [6, 6.07) is 14.9. The van der Waals surface area contributed by atoms with Gasteiger partial charge in [0.15, 0.2) is 6.61 Å². The average Bonchev–Trinajstić information content (AvgIpc) is 2.71. The maximum absolute atomic E-state index is 12.3. The van der Waals surface area contributed by atoms with Crippen LogP contribution in [0.1, 0.15) is 54.2 Å². The molecule has 1 aliphatic carbocycles. The maximum atomic E-state index is 12.3. The van der Waals surface area contributed by atoms with Crippen molar-refractivity contribution in [1.82, 2.24) is 5.32 Å². The molecule has 0 unspecified atom stereocenters. The predicted molar refractivity (Wildman–Crippen MR) is 107 cm³/mol. The molecule has 2 aromatic carbocycles. The van der Waals surface area contributed by atoms with Crippen molar-refractivity contribution in [2.45, 2.75) is 39.2 Å². The third-order valence-electron chi connectivity index (χ3n) is 4.71. The van der Waals surface area contributed by atoms with Gasteiger partial charge in [-0.15, -0.1) is 0 Å². The number of carbonyl (C=O) groups is 2. The standard InChI is InChI=1S/C23H27NO4/c1-16(2)14-27-19-12-10-18(11-13-19)23(26)28-15-22(25)24-21-9-5-7-17-6-3-4-8-20(17)21/h3-4,6,8,10-13,16,21H,5,7,9,14-15H2,1-2H3,(H,24,25)/t21-/m0/s1. The number of nitrogens with one attached hydrogen (secondary N) is 1. The fourth-order valence-electron chi connectivity index (χ4n) is 3.30. The van der Waals surface area contributed by atoms with Gasteiger partial charge >= 0.3 is 5.97 Å². The number of benzene rings is 2. The molecule has 0 heterocycles. The highest BCUT2D eigenvalue weighted by Gasteiger charge is 2.21. The van der Waals surface area contributed by atoms with Crippen molar-refractivity contribution in [2.75, 3.05) is 13.2 Å². The summed E-state index contributed by atoms with van der Waals surface area (Å²) in [5, 5.41) is 2.98. The average molecular weight is 381 g/mol. The Bertz CT molecular complexity index is 814. The number of amides is 1. The molecule has 0 saturated carbocycles. The van der Waals surface area contributed by atoms with Gasteiger partial charge in [0.1, 0.15) is 5.75 Å². The summed E-state index contributed by atoms with van der Waals surface area (Å²) in [6.07, 6.45) is 2.97. The Hall–Kier alpha value is -2.82. The first-order chi connectivity index (χ1) is 13.5. The van der Waals surface area contributed by atoms with E-state index in [-0.39, 0.29) is 18.6 Å². The van der Waals surface area contributed by atoms with E-state index in [0.29, 0.717) is 23.8 Å². The van der Waals surface area contributed by atoms with E-state index in [0.717, 1.165) is 24.8 Å². The van der Waals surface area contributed by atoms with Crippen molar-refractivity contribution in [1.29, 1.82) is 0 Å². The van der Waals surface area contributed by atoms with Gasteiger partial charge in [-0.05, 0) is 60.6 Å². The smallest absolute Gasteiger partial charge is 0.338 e. The Balaban J connectivity index is 1.49. The van der Waals surface area contributed by atoms with Gasteiger partial charge in [0.2, 0.25) is 0 Å². The first-order valence-electron chi connectivity index (χ1n) is 9.80. The second-order valence-corrected chi connectivity index (χ2v) is 7.52. The lowest BCUT2D eigenvalue weighted by Crippen LogP contribution is -2.34. The molecule has 5 heteroatoms. The van der Waals surface area contributed by atoms with E-state index in [4.69, 9.17) is 9.47 Å². The van der Waals surface area contributed by atoms with Crippen LogP contribution in [0.4, 0.5) is 0 Å². The van der Waals surface area contributed by atoms with Gasteiger partial charge in [0.05, 0.1) is 18.2 Å². The van der Waals surface area contributed by atoms with Crippen LogP contribution in [0.2, 0.25) is 0 Å². The largest absolute Gasteiger partial charge is 0.493 e. The topological polar surface area (TPSA) is 64.6 Å². The lowest BCUT2D eigenvalue weighted by Gasteiger charge is -2.26. The fraction of sp³-hybridized carbons (Fsp3) is 0.391. The van der Waals surface area contributed by atoms with E-state index in [1.807, 2.05) is 18.2 Å². The first kappa shape index (κ1) is 19.9. The van der Waals surface area contributed by atoms with E-state index in [2.05, 4.69) is 25.2 Å². The third kappa shape index (κ3) is 5.35. The molecule has 1 amide bonds. The van der Waals surface area contributed by atoms with Crippen LogP contribution >= 0.6 is 0 Å². The van der Waals surface area contributed by atoms with Crippen LogP contribution in [-0.2, 0) is 16.0 Å². The quantitative estimate of drug-likeness (QED) is 0.734. The highest BCUT2D eigenvalue weighted by Crippen LogP contribution is 2.29. The molecule has 0 saturated heterocycles. The molecule has 148 valence electrons. The molecule has 1 aliphatic rings. The van der Waals surface area contributed by atoms with Gasteiger partial charge in [-0.25, -0.2) is 4.79 Å². The van der Waals surface area contributed by atoms with Crippen LogP contribution in [0.15, 0.2) is 48.5 Å². The van der Waals surface area contributed by atoms with E-state index >= 15 is 0 Å². The van der Waals surface area contributed by atoms with Gasteiger partial charge in [-0.3, -0.25) is 4.79 Å². The second kappa shape index (κ2) is 9.40. The Kier molecular flexibility index (Phi) is 6.69. The minimum absolute atomic E-state index is 0.0199. The number of rotatable bonds is 7. The Labute approximate surface area is 166 Å². The van der Waals surface area contributed by atoms with Gasteiger partial charge in [0, 0.05) is 0 Å². The minimum Gasteiger partial charge on any atom is -0.493 e. The number of hydrogen-bond donors (Lipinski definition) is 1. The van der Waals surface area contributed by atoms with Crippen molar-refractivity contribution >= 4 is 11.9 Å². The monoisotopic (exact) mass is 381 g/mol. The van der Waals surface area contributed by atoms with E-state index in [9.17, 15) is 9.59 Å². The molecule has 0 aromatic heterocycles. The maximum Gasteiger partial charge on any atom is 0.338 e. The molecule has 3 rings (SSSR count). The number of fused-ring (bicyclic) bond motifs is 1. The lowest BCUT2D eigenvalue weighted by atomic mass is 9.88. The summed E-state index contributed by atoms with van der Waals surface area (Å²) in [5.41, 5.74) is 2.83. The molecule has 1 atom stereocenters. The molecule has 0 radical (unpaired) electrons. The number of ether oxygens (including phenoxy) is 2. The molecule has 0 bridgehead atoms. The molecular formula is C23H27NO4. The molecule has 2 aromatic rings. The molecule has 0 fully saturated rings. The van der Waals surface area contributed by atoms with E-state index < -0.39 is 5.97 Å². The first-order valence-corrected chi connectivity index (χ1v) is 9.80. The molecular weight excluding hydrogens is 354 g/mol. The van der Waals surface area contributed by atoms with Crippen LogP contribution in [0.3, 0.4) is 0 Å². The zero-order chi connectivity index (χ0) is 19.9. The molecule has 28 heavy (non-hydrogen) atoms. The van der Waals surface area contributed by atoms with E-state index in [1.165, 1.54) is 5.56 Å². The van der Waals surface area contributed by atoms with Crippen LogP contribution in [0.25, 0.3) is 0 Å². The number of hydrogen-bond acceptors (Lipinski definition) is 4. The molecule has 0 spiro atoms. The van der Waals surface area contributed by atoms with Crippen molar-refractivity contribution < 1.29 is 19.1 Å². The van der Waals surface area contributed by atoms with Crippen LogP contribution < -0.4 is 10.1 Å². The van der Waals surface area contributed by atoms with Gasteiger partial charge in [-0.1, -0.05) is 38.1 Å². The van der Waals surface area contributed by atoms with Crippen molar-refractivity contribution in [3.63, 3.8) is 0 Å². The SMILES string of the molecule is CC(C)COc1ccc(C(=O)OCC(=O)N[C@H]2CCCc3ccccc32)cc1. The summed E-state index contributed by atoms with van der Waals surface area (Å²) in [7, 11) is 0. The number of aryl methyl sites for hydroxylation is 1. The van der Waals surface area contributed by atoms with E-state index in [1.54, 1.807) is 24.3 Å². The van der Waals surface area contributed by atoms with Crippen molar-refractivity contribution in [3.05, 3.63) is 65.2 Å². The van der Waals surface area contributed by atoms with Gasteiger partial charge in [0.25, 0.3) is 5.91 Å². The van der Waals surface area contributed by atoms with Crippen molar-refractivity contribution in [3.8, 4) is 5.75 Å². The Morgan fingerprint density at radius 1 is 1.11 bits per heavy atom. The fourth-order valence-corrected chi connectivity index (χ4v) is 3.30. The Morgan fingerprint density at radius 3 is 2.61 bits per heavy atom. The summed E-state index contributed by atoms with van der Waals surface area (Å²) < 4.78 is 10.8.